The summed E-state index contributed by atoms with van der Waals surface area (Å²) in [4.78, 5) is 19.0. The van der Waals surface area contributed by atoms with Crippen LogP contribution in [0.3, 0.4) is 0 Å². The van der Waals surface area contributed by atoms with Gasteiger partial charge in [0.15, 0.2) is 0 Å². The molecule has 0 aliphatic rings. The minimum Gasteiger partial charge on any atom is -0.306 e. The molecule has 0 fully saturated rings. The van der Waals surface area contributed by atoms with Gasteiger partial charge in [0, 0.05) is 11.1 Å². The van der Waals surface area contributed by atoms with Gasteiger partial charge in [0.25, 0.3) is 5.56 Å². The highest BCUT2D eigenvalue weighted by atomic mass is 16.1. The van der Waals surface area contributed by atoms with Gasteiger partial charge in [-0.25, -0.2) is 4.98 Å². The Kier molecular flexibility index (Phi) is 2.86. The number of aromatic amines is 1. The molecule has 1 aromatic carbocycles. The highest BCUT2D eigenvalue weighted by Gasteiger charge is 2.06. The average molecular weight is 214 g/mol. The summed E-state index contributed by atoms with van der Waals surface area (Å²) in [6.45, 7) is 3.81. The Morgan fingerprint density at radius 3 is 2.56 bits per heavy atom. The van der Waals surface area contributed by atoms with Crippen molar-refractivity contribution in [3.8, 4) is 11.4 Å². The van der Waals surface area contributed by atoms with Crippen molar-refractivity contribution in [1.29, 1.82) is 0 Å². The highest BCUT2D eigenvalue weighted by Crippen LogP contribution is 2.13. The summed E-state index contributed by atoms with van der Waals surface area (Å²) >= 11 is 0. The van der Waals surface area contributed by atoms with Crippen LogP contribution in [0.25, 0.3) is 11.4 Å². The van der Waals surface area contributed by atoms with Gasteiger partial charge in [-0.2, -0.15) is 0 Å². The first-order chi connectivity index (χ1) is 7.72. The van der Waals surface area contributed by atoms with Crippen molar-refractivity contribution >= 4 is 0 Å². The minimum absolute atomic E-state index is 0.0503. The number of H-pyrrole nitrogens is 1. The van der Waals surface area contributed by atoms with Gasteiger partial charge in [-0.15, -0.1) is 0 Å². The Balaban J connectivity index is 2.60. The molecule has 0 unspecified atom stereocenters. The van der Waals surface area contributed by atoms with Crippen LogP contribution in [0.2, 0.25) is 0 Å². The van der Waals surface area contributed by atoms with Crippen molar-refractivity contribution in [2.24, 2.45) is 0 Å². The van der Waals surface area contributed by atoms with E-state index in [9.17, 15) is 4.79 Å². The number of aryl methyl sites for hydroxylation is 1. The van der Waals surface area contributed by atoms with Gasteiger partial charge >= 0.3 is 0 Å². The van der Waals surface area contributed by atoms with Crippen molar-refractivity contribution in [2.45, 2.75) is 20.3 Å². The van der Waals surface area contributed by atoms with Crippen LogP contribution in [-0.4, -0.2) is 9.97 Å². The molecule has 0 aliphatic heterocycles. The van der Waals surface area contributed by atoms with E-state index in [4.69, 9.17) is 0 Å². The molecular weight excluding hydrogens is 200 g/mol. The van der Waals surface area contributed by atoms with Crippen molar-refractivity contribution in [3.63, 3.8) is 0 Å². The zero-order valence-electron chi connectivity index (χ0n) is 9.45. The van der Waals surface area contributed by atoms with Crippen LogP contribution in [0.15, 0.2) is 35.1 Å². The maximum absolute atomic E-state index is 11.7. The molecule has 3 nitrogen and oxygen atoms in total. The molecule has 0 bridgehead atoms. The topological polar surface area (TPSA) is 45.8 Å². The molecule has 0 radical (unpaired) electrons. The molecule has 1 aromatic heterocycles. The lowest BCUT2D eigenvalue weighted by molar-refractivity contribution is 0.955. The lowest BCUT2D eigenvalue weighted by atomic mass is 10.1. The number of benzene rings is 1. The zero-order chi connectivity index (χ0) is 11.5. The second kappa shape index (κ2) is 4.31. The van der Waals surface area contributed by atoms with E-state index in [2.05, 4.69) is 9.97 Å². The molecule has 3 heteroatoms. The number of hydrogen-bond donors (Lipinski definition) is 1. The van der Waals surface area contributed by atoms with Crippen LogP contribution in [-0.2, 0) is 6.42 Å². The fraction of sp³-hybridized carbons (Fsp3) is 0.231. The molecule has 0 atom stereocenters. The molecular formula is C13H14N2O. The van der Waals surface area contributed by atoms with Crippen LogP contribution < -0.4 is 5.56 Å². The van der Waals surface area contributed by atoms with E-state index < -0.39 is 0 Å². The fourth-order valence-corrected chi connectivity index (χ4v) is 1.66. The molecule has 2 aromatic rings. The Labute approximate surface area is 94.2 Å². The van der Waals surface area contributed by atoms with Crippen LogP contribution in [0, 0.1) is 6.92 Å². The predicted octanol–water partition coefficient (Wildman–Crippen LogP) is 2.31. The Morgan fingerprint density at radius 1 is 1.25 bits per heavy atom. The largest absolute Gasteiger partial charge is 0.306 e. The Hall–Kier alpha value is -1.90. The van der Waals surface area contributed by atoms with Gasteiger partial charge in [-0.3, -0.25) is 4.79 Å². The summed E-state index contributed by atoms with van der Waals surface area (Å²) in [7, 11) is 0. The minimum atomic E-state index is -0.0503. The van der Waals surface area contributed by atoms with Crippen LogP contribution >= 0.6 is 0 Å². The van der Waals surface area contributed by atoms with Crippen molar-refractivity contribution < 1.29 is 0 Å². The molecule has 0 saturated carbocycles. The van der Waals surface area contributed by atoms with E-state index in [-0.39, 0.29) is 5.56 Å². The quantitative estimate of drug-likeness (QED) is 0.833. The standard InChI is InChI=1S/C13H14N2O/c1-3-11-9(2)13(16)15-12(14-11)10-7-5-4-6-8-10/h4-8H,3H2,1-2H3,(H,14,15,16). The van der Waals surface area contributed by atoms with Crippen LogP contribution in [0.4, 0.5) is 0 Å². The zero-order valence-corrected chi connectivity index (χ0v) is 9.45. The van der Waals surface area contributed by atoms with Gasteiger partial charge < -0.3 is 4.98 Å². The Morgan fingerprint density at radius 2 is 1.94 bits per heavy atom. The number of nitrogens with zero attached hydrogens (tertiary/aromatic N) is 1. The predicted molar refractivity (Wildman–Crippen MR) is 64.4 cm³/mol. The summed E-state index contributed by atoms with van der Waals surface area (Å²) in [5.41, 5.74) is 2.46. The lowest BCUT2D eigenvalue weighted by Crippen LogP contribution is -2.15. The monoisotopic (exact) mass is 214 g/mol. The first-order valence-corrected chi connectivity index (χ1v) is 5.37. The third-order valence-corrected chi connectivity index (χ3v) is 2.63. The summed E-state index contributed by atoms with van der Waals surface area (Å²) in [6.07, 6.45) is 0.773. The molecule has 0 aliphatic carbocycles. The van der Waals surface area contributed by atoms with E-state index in [1.165, 1.54) is 0 Å². The molecule has 0 spiro atoms. The van der Waals surface area contributed by atoms with Crippen molar-refractivity contribution in [3.05, 3.63) is 51.9 Å². The van der Waals surface area contributed by atoms with Crippen molar-refractivity contribution in [2.75, 3.05) is 0 Å². The average Bonchev–Trinajstić information content (AvgIpc) is 2.33. The highest BCUT2D eigenvalue weighted by molar-refractivity contribution is 5.54. The van der Waals surface area contributed by atoms with Gasteiger partial charge in [-0.1, -0.05) is 37.3 Å². The summed E-state index contributed by atoms with van der Waals surface area (Å²) in [5, 5.41) is 0. The number of rotatable bonds is 2. The smallest absolute Gasteiger partial charge is 0.254 e. The van der Waals surface area contributed by atoms with E-state index in [1.807, 2.05) is 37.3 Å². The van der Waals surface area contributed by atoms with Crippen LogP contribution in [0.5, 0.6) is 0 Å². The molecule has 0 saturated heterocycles. The third kappa shape index (κ3) is 1.89. The number of nitrogens with one attached hydrogen (secondary N) is 1. The molecule has 2 rings (SSSR count). The molecule has 16 heavy (non-hydrogen) atoms. The fourth-order valence-electron chi connectivity index (χ4n) is 1.66. The third-order valence-electron chi connectivity index (χ3n) is 2.63. The van der Waals surface area contributed by atoms with Crippen molar-refractivity contribution in [1.82, 2.24) is 9.97 Å². The summed E-state index contributed by atoms with van der Waals surface area (Å²) in [6, 6.07) is 9.68. The summed E-state index contributed by atoms with van der Waals surface area (Å²) in [5.74, 6) is 0.646. The van der Waals surface area contributed by atoms with E-state index in [1.54, 1.807) is 6.92 Å². The second-order valence-electron chi connectivity index (χ2n) is 3.71. The number of hydrogen-bond acceptors (Lipinski definition) is 2. The van der Waals surface area contributed by atoms with E-state index in [0.29, 0.717) is 11.4 Å². The summed E-state index contributed by atoms with van der Waals surface area (Å²) < 4.78 is 0. The van der Waals surface area contributed by atoms with Gasteiger partial charge in [0.2, 0.25) is 0 Å². The van der Waals surface area contributed by atoms with Gasteiger partial charge in [0.1, 0.15) is 5.82 Å². The molecule has 1 N–H and O–H groups in total. The van der Waals surface area contributed by atoms with Gasteiger partial charge in [0.05, 0.1) is 5.69 Å². The normalized spacial score (nSPS) is 10.4. The SMILES string of the molecule is CCc1nc(-c2ccccc2)[nH]c(=O)c1C. The van der Waals surface area contributed by atoms with E-state index >= 15 is 0 Å². The molecule has 0 amide bonds. The Bertz CT molecular complexity index is 544. The first kappa shape index (κ1) is 10.6. The second-order valence-corrected chi connectivity index (χ2v) is 3.71. The molecule has 82 valence electrons. The number of aromatic nitrogens is 2. The lowest BCUT2D eigenvalue weighted by Gasteiger charge is -2.05. The maximum Gasteiger partial charge on any atom is 0.254 e. The maximum atomic E-state index is 11.7. The first-order valence-electron chi connectivity index (χ1n) is 5.37. The van der Waals surface area contributed by atoms with Crippen LogP contribution in [0.1, 0.15) is 18.2 Å². The molecule has 1 heterocycles. The van der Waals surface area contributed by atoms with Gasteiger partial charge in [-0.05, 0) is 13.3 Å². The van der Waals surface area contributed by atoms with E-state index in [0.717, 1.165) is 17.7 Å².